The molecule has 0 aliphatic rings. The Kier molecular flexibility index (Phi) is 2.36. The Balaban J connectivity index is 2.22. The predicted octanol–water partition coefficient (Wildman–Crippen LogP) is -0.424. The van der Waals surface area contributed by atoms with Crippen LogP contribution in [0.3, 0.4) is 0 Å². The van der Waals surface area contributed by atoms with E-state index in [9.17, 15) is 4.79 Å². The molecule has 0 saturated carbocycles. The van der Waals surface area contributed by atoms with Crippen molar-refractivity contribution in [2.24, 2.45) is 7.05 Å². The Morgan fingerprint density at radius 1 is 1.53 bits per heavy atom. The highest BCUT2D eigenvalue weighted by Gasteiger charge is 2.08. The summed E-state index contributed by atoms with van der Waals surface area (Å²) in [6.07, 6.45) is 2.13. The summed E-state index contributed by atoms with van der Waals surface area (Å²) in [7, 11) is 1.64. The van der Waals surface area contributed by atoms with Crippen molar-refractivity contribution in [3.63, 3.8) is 0 Å². The zero-order chi connectivity index (χ0) is 10.8. The Bertz CT molecular complexity index is 509. The lowest BCUT2D eigenvalue weighted by Gasteiger charge is -1.91. The summed E-state index contributed by atoms with van der Waals surface area (Å²) in [6.45, 7) is 2.16. The molecule has 2 aromatic heterocycles. The quantitative estimate of drug-likeness (QED) is 0.685. The fraction of sp³-hybridized carbons (Fsp3) is 0.500. The minimum Gasteiger partial charge on any atom is -0.339 e. The van der Waals surface area contributed by atoms with Crippen molar-refractivity contribution in [2.45, 2.75) is 19.9 Å². The van der Waals surface area contributed by atoms with E-state index in [1.54, 1.807) is 7.05 Å². The third-order valence-corrected chi connectivity index (χ3v) is 1.99. The first-order valence-corrected chi connectivity index (χ1v) is 4.60. The van der Waals surface area contributed by atoms with Crippen LogP contribution in [0.5, 0.6) is 0 Å². The van der Waals surface area contributed by atoms with Crippen LogP contribution in [0.15, 0.2) is 15.6 Å². The minimum atomic E-state index is -0.196. The van der Waals surface area contributed by atoms with Crippen molar-refractivity contribution < 1.29 is 4.52 Å². The lowest BCUT2D eigenvalue weighted by molar-refractivity contribution is 0.374. The van der Waals surface area contributed by atoms with Gasteiger partial charge in [-0.15, -0.1) is 0 Å². The molecule has 2 heterocycles. The molecule has 0 N–H and O–H groups in total. The molecule has 0 saturated heterocycles. The highest BCUT2D eigenvalue weighted by molar-refractivity contribution is 4.86. The number of hydrogen-bond donors (Lipinski definition) is 0. The maximum absolute atomic E-state index is 11.4. The summed E-state index contributed by atoms with van der Waals surface area (Å²) in [5.74, 6) is 1.03. The minimum absolute atomic E-state index is 0.196. The fourth-order valence-electron chi connectivity index (χ4n) is 1.16. The molecule has 0 aliphatic carbocycles. The molecule has 0 unspecified atom stereocenters. The van der Waals surface area contributed by atoms with Crippen LogP contribution < -0.4 is 5.69 Å². The van der Waals surface area contributed by atoms with Crippen molar-refractivity contribution in [2.75, 3.05) is 0 Å². The van der Waals surface area contributed by atoms with Crippen LogP contribution >= 0.6 is 0 Å². The standard InChI is InChI=1S/C8H11N5O2/c1-3-7-10-6(11-15-7)4-13-8(14)12(2)5-9-13/h5H,3-4H2,1-2H3. The number of rotatable bonds is 3. The van der Waals surface area contributed by atoms with Crippen LogP contribution in [0.2, 0.25) is 0 Å². The monoisotopic (exact) mass is 209 g/mol. The van der Waals surface area contributed by atoms with Crippen molar-refractivity contribution >= 4 is 0 Å². The normalized spacial score (nSPS) is 10.8. The molecule has 0 amide bonds. The average Bonchev–Trinajstić information content (AvgIpc) is 2.80. The first-order valence-electron chi connectivity index (χ1n) is 4.60. The molecular formula is C8H11N5O2. The fourth-order valence-corrected chi connectivity index (χ4v) is 1.16. The van der Waals surface area contributed by atoms with Gasteiger partial charge in [-0.05, 0) is 0 Å². The summed E-state index contributed by atoms with van der Waals surface area (Å²) >= 11 is 0. The molecule has 2 aromatic rings. The van der Waals surface area contributed by atoms with E-state index in [1.807, 2.05) is 6.92 Å². The molecule has 15 heavy (non-hydrogen) atoms. The third kappa shape index (κ3) is 1.80. The van der Waals surface area contributed by atoms with Gasteiger partial charge in [0.1, 0.15) is 12.9 Å². The molecule has 0 spiro atoms. The highest BCUT2D eigenvalue weighted by Crippen LogP contribution is 1.98. The molecule has 7 heteroatoms. The van der Waals surface area contributed by atoms with E-state index in [1.165, 1.54) is 15.6 Å². The van der Waals surface area contributed by atoms with E-state index in [2.05, 4.69) is 15.2 Å². The van der Waals surface area contributed by atoms with Crippen molar-refractivity contribution in [3.8, 4) is 0 Å². The number of hydrogen-bond acceptors (Lipinski definition) is 5. The molecule has 0 aliphatic heterocycles. The summed E-state index contributed by atoms with van der Waals surface area (Å²) in [5, 5.41) is 7.63. The first-order chi connectivity index (χ1) is 7.20. The summed E-state index contributed by atoms with van der Waals surface area (Å²) < 4.78 is 7.59. The Labute approximate surface area is 85.3 Å². The lowest BCUT2D eigenvalue weighted by Crippen LogP contribution is -2.23. The van der Waals surface area contributed by atoms with E-state index in [-0.39, 0.29) is 12.2 Å². The van der Waals surface area contributed by atoms with Crippen LogP contribution in [0.4, 0.5) is 0 Å². The summed E-state index contributed by atoms with van der Waals surface area (Å²) in [4.78, 5) is 15.5. The van der Waals surface area contributed by atoms with Crippen LogP contribution in [0, 0.1) is 0 Å². The summed E-state index contributed by atoms with van der Waals surface area (Å²) in [5.41, 5.74) is -0.196. The van der Waals surface area contributed by atoms with Gasteiger partial charge in [0.2, 0.25) is 5.89 Å². The van der Waals surface area contributed by atoms with Gasteiger partial charge >= 0.3 is 5.69 Å². The highest BCUT2D eigenvalue weighted by atomic mass is 16.5. The van der Waals surface area contributed by atoms with Crippen molar-refractivity contribution in [1.82, 2.24) is 24.5 Å². The molecular weight excluding hydrogens is 198 g/mol. The lowest BCUT2D eigenvalue weighted by atomic mass is 10.5. The van der Waals surface area contributed by atoms with Gasteiger partial charge in [-0.2, -0.15) is 10.1 Å². The van der Waals surface area contributed by atoms with Gasteiger partial charge in [0.05, 0.1) is 0 Å². The number of aryl methyl sites for hydroxylation is 2. The van der Waals surface area contributed by atoms with E-state index in [0.29, 0.717) is 18.1 Å². The third-order valence-electron chi connectivity index (χ3n) is 1.99. The molecule has 0 fully saturated rings. The second-order valence-corrected chi connectivity index (χ2v) is 3.14. The molecule has 0 bridgehead atoms. The van der Waals surface area contributed by atoms with Gasteiger partial charge < -0.3 is 4.52 Å². The Morgan fingerprint density at radius 2 is 2.33 bits per heavy atom. The topological polar surface area (TPSA) is 78.7 Å². The Morgan fingerprint density at radius 3 is 2.87 bits per heavy atom. The van der Waals surface area contributed by atoms with E-state index in [4.69, 9.17) is 4.52 Å². The molecule has 0 aromatic carbocycles. The molecule has 7 nitrogen and oxygen atoms in total. The van der Waals surface area contributed by atoms with Crippen LogP contribution in [-0.2, 0) is 20.0 Å². The van der Waals surface area contributed by atoms with Crippen LogP contribution in [-0.4, -0.2) is 24.5 Å². The largest absolute Gasteiger partial charge is 0.345 e. The van der Waals surface area contributed by atoms with Gasteiger partial charge in [-0.25, -0.2) is 9.48 Å². The Hall–Kier alpha value is -1.92. The maximum atomic E-state index is 11.4. The van der Waals surface area contributed by atoms with E-state index in [0.717, 1.165) is 0 Å². The number of aromatic nitrogens is 5. The van der Waals surface area contributed by atoms with Crippen LogP contribution in [0.25, 0.3) is 0 Å². The molecule has 2 rings (SSSR count). The van der Waals surface area contributed by atoms with Crippen molar-refractivity contribution in [3.05, 3.63) is 28.5 Å². The van der Waals surface area contributed by atoms with Crippen LogP contribution in [0.1, 0.15) is 18.6 Å². The van der Waals surface area contributed by atoms with Gasteiger partial charge in [0, 0.05) is 13.5 Å². The number of nitrogens with zero attached hydrogens (tertiary/aromatic N) is 5. The SMILES string of the molecule is CCc1nc(Cn2ncn(C)c2=O)no1. The second kappa shape index (κ2) is 3.68. The first kappa shape index (κ1) is 9.63. The average molecular weight is 209 g/mol. The summed E-state index contributed by atoms with van der Waals surface area (Å²) in [6, 6.07) is 0. The van der Waals surface area contributed by atoms with Crippen molar-refractivity contribution in [1.29, 1.82) is 0 Å². The van der Waals surface area contributed by atoms with E-state index < -0.39 is 0 Å². The van der Waals surface area contributed by atoms with Gasteiger partial charge in [0.25, 0.3) is 0 Å². The van der Waals surface area contributed by atoms with Gasteiger partial charge in [0.15, 0.2) is 5.82 Å². The second-order valence-electron chi connectivity index (χ2n) is 3.14. The molecule has 0 radical (unpaired) electrons. The van der Waals surface area contributed by atoms with Gasteiger partial charge in [-0.3, -0.25) is 4.57 Å². The zero-order valence-electron chi connectivity index (χ0n) is 8.54. The van der Waals surface area contributed by atoms with E-state index >= 15 is 0 Å². The predicted molar refractivity (Wildman–Crippen MR) is 50.2 cm³/mol. The van der Waals surface area contributed by atoms with Gasteiger partial charge in [-0.1, -0.05) is 12.1 Å². The smallest absolute Gasteiger partial charge is 0.339 e. The maximum Gasteiger partial charge on any atom is 0.345 e. The molecule has 0 atom stereocenters. The zero-order valence-corrected chi connectivity index (χ0v) is 8.54. The molecule has 80 valence electrons.